The van der Waals surface area contributed by atoms with Crippen LogP contribution in [0.5, 0.6) is 0 Å². The molecule has 0 aliphatic rings. The molecule has 0 unspecified atom stereocenters. The summed E-state index contributed by atoms with van der Waals surface area (Å²) in [6.07, 6.45) is 0. The Hall–Kier alpha value is -6.38. The van der Waals surface area contributed by atoms with Gasteiger partial charge in [-0.25, -0.2) is 9.97 Å². The summed E-state index contributed by atoms with van der Waals surface area (Å²) in [7, 11) is 0. The fraction of sp³-hybridized carbons (Fsp3) is 0. The maximum atomic E-state index is 5.29. The molecule has 0 spiro atoms. The fourth-order valence-corrected chi connectivity index (χ4v) is 6.30. The molecule has 7 aromatic carbocycles. The van der Waals surface area contributed by atoms with E-state index in [1.807, 2.05) is 18.2 Å². The first kappa shape index (κ1) is 29.1. The van der Waals surface area contributed by atoms with Crippen molar-refractivity contribution in [3.63, 3.8) is 0 Å². The Bertz CT molecular complexity index is 2150. The second-order valence-electron chi connectivity index (χ2n) is 11.8. The van der Waals surface area contributed by atoms with E-state index in [0.29, 0.717) is 5.82 Å². The molecule has 0 aliphatic heterocycles. The summed E-state index contributed by atoms with van der Waals surface area (Å²) < 4.78 is 0. The van der Waals surface area contributed by atoms with E-state index in [9.17, 15) is 0 Å². The lowest BCUT2D eigenvalue weighted by molar-refractivity contribution is 1.18. The highest BCUT2D eigenvalue weighted by atomic mass is 14.9. The van der Waals surface area contributed by atoms with Gasteiger partial charge in [-0.3, -0.25) is 0 Å². The summed E-state index contributed by atoms with van der Waals surface area (Å²) in [6.45, 7) is 0. The van der Waals surface area contributed by atoms with Crippen LogP contribution >= 0.6 is 0 Å². The molecule has 8 aromatic rings. The van der Waals surface area contributed by atoms with Crippen molar-refractivity contribution in [2.24, 2.45) is 0 Å². The van der Waals surface area contributed by atoms with Gasteiger partial charge in [0.25, 0.3) is 0 Å². The molecular formula is C46H32N2. The summed E-state index contributed by atoms with van der Waals surface area (Å²) in [5.74, 6) is 0.698. The summed E-state index contributed by atoms with van der Waals surface area (Å²) in [5, 5.41) is 0. The first-order valence-electron chi connectivity index (χ1n) is 16.3. The Balaban J connectivity index is 1.24. The lowest BCUT2D eigenvalue weighted by atomic mass is 9.94. The van der Waals surface area contributed by atoms with Crippen molar-refractivity contribution in [3.05, 3.63) is 194 Å². The minimum absolute atomic E-state index is 0.698. The van der Waals surface area contributed by atoms with Crippen LogP contribution in [0.25, 0.3) is 78.4 Å². The largest absolute Gasteiger partial charge is 0.228 e. The standard InChI is InChI=1S/C46H32N2/c1-4-14-33(15-5-1)35-24-28-37(29-25-35)40-20-10-12-22-42(40)45-32-44(39-18-8-3-9-19-39)47-46(48-45)43-23-13-11-21-41(43)38-30-26-36(27-31-38)34-16-6-2-7-17-34/h1-32H. The molecule has 0 aliphatic carbocycles. The van der Waals surface area contributed by atoms with Crippen molar-refractivity contribution in [1.29, 1.82) is 0 Å². The van der Waals surface area contributed by atoms with E-state index in [2.05, 4.69) is 176 Å². The molecule has 0 N–H and O–H groups in total. The van der Waals surface area contributed by atoms with Crippen LogP contribution in [-0.4, -0.2) is 9.97 Å². The zero-order chi connectivity index (χ0) is 32.1. The fourth-order valence-electron chi connectivity index (χ4n) is 6.30. The third-order valence-corrected chi connectivity index (χ3v) is 8.77. The molecule has 1 heterocycles. The molecule has 0 radical (unpaired) electrons. The van der Waals surface area contributed by atoms with E-state index >= 15 is 0 Å². The van der Waals surface area contributed by atoms with Crippen molar-refractivity contribution in [2.75, 3.05) is 0 Å². The number of benzene rings is 7. The molecule has 0 saturated carbocycles. The Kier molecular flexibility index (Phi) is 7.96. The van der Waals surface area contributed by atoms with E-state index in [1.54, 1.807) is 0 Å². The van der Waals surface area contributed by atoms with Gasteiger partial charge in [-0.1, -0.05) is 188 Å². The van der Waals surface area contributed by atoms with Gasteiger partial charge < -0.3 is 0 Å². The molecule has 0 fully saturated rings. The number of hydrogen-bond acceptors (Lipinski definition) is 2. The van der Waals surface area contributed by atoms with Crippen LogP contribution in [0.4, 0.5) is 0 Å². The van der Waals surface area contributed by atoms with E-state index in [0.717, 1.165) is 50.3 Å². The topological polar surface area (TPSA) is 25.8 Å². The van der Waals surface area contributed by atoms with Crippen molar-refractivity contribution < 1.29 is 0 Å². The van der Waals surface area contributed by atoms with Gasteiger partial charge >= 0.3 is 0 Å². The molecule has 2 heteroatoms. The summed E-state index contributed by atoms with van der Waals surface area (Å²) >= 11 is 0. The Morgan fingerprint density at radius 2 is 0.562 bits per heavy atom. The van der Waals surface area contributed by atoms with Gasteiger partial charge in [0.1, 0.15) is 0 Å². The predicted molar refractivity (Wildman–Crippen MR) is 200 cm³/mol. The summed E-state index contributed by atoms with van der Waals surface area (Å²) in [5.41, 5.74) is 14.2. The highest BCUT2D eigenvalue weighted by Gasteiger charge is 2.16. The third kappa shape index (κ3) is 5.95. The highest BCUT2D eigenvalue weighted by molar-refractivity contribution is 5.87. The molecule has 226 valence electrons. The SMILES string of the molecule is c1ccc(-c2ccc(-c3ccccc3-c3cc(-c4ccccc4)nc(-c4ccccc4-c4ccc(-c5ccccc5)cc4)n3)cc2)cc1. The van der Waals surface area contributed by atoms with Gasteiger partial charge in [0.05, 0.1) is 11.4 Å². The number of aromatic nitrogens is 2. The van der Waals surface area contributed by atoms with Crippen molar-refractivity contribution >= 4 is 0 Å². The second kappa shape index (κ2) is 13.2. The number of nitrogens with zero attached hydrogens (tertiary/aromatic N) is 2. The first-order chi connectivity index (χ1) is 23.8. The third-order valence-electron chi connectivity index (χ3n) is 8.77. The van der Waals surface area contributed by atoms with Crippen LogP contribution in [-0.2, 0) is 0 Å². The monoisotopic (exact) mass is 612 g/mol. The summed E-state index contributed by atoms with van der Waals surface area (Å²) in [6, 6.07) is 68.0. The van der Waals surface area contributed by atoms with E-state index in [-0.39, 0.29) is 0 Å². The lowest BCUT2D eigenvalue weighted by Crippen LogP contribution is -1.98. The molecule has 48 heavy (non-hydrogen) atoms. The van der Waals surface area contributed by atoms with Crippen LogP contribution in [0.15, 0.2) is 194 Å². The molecule has 0 bridgehead atoms. The molecule has 0 amide bonds. The minimum Gasteiger partial charge on any atom is -0.228 e. The van der Waals surface area contributed by atoms with Crippen molar-refractivity contribution in [2.45, 2.75) is 0 Å². The first-order valence-corrected chi connectivity index (χ1v) is 16.3. The van der Waals surface area contributed by atoms with Gasteiger partial charge in [-0.2, -0.15) is 0 Å². The minimum atomic E-state index is 0.698. The highest BCUT2D eigenvalue weighted by Crippen LogP contribution is 2.37. The number of rotatable bonds is 7. The molecule has 0 atom stereocenters. The van der Waals surface area contributed by atoms with E-state index in [1.165, 1.54) is 22.3 Å². The molecule has 1 aromatic heterocycles. The quantitative estimate of drug-likeness (QED) is 0.179. The summed E-state index contributed by atoms with van der Waals surface area (Å²) in [4.78, 5) is 10.5. The van der Waals surface area contributed by atoms with Gasteiger partial charge in [0.15, 0.2) is 5.82 Å². The van der Waals surface area contributed by atoms with Gasteiger partial charge in [-0.05, 0) is 50.6 Å². The average molecular weight is 613 g/mol. The zero-order valence-electron chi connectivity index (χ0n) is 26.4. The smallest absolute Gasteiger partial charge is 0.161 e. The van der Waals surface area contributed by atoms with Gasteiger partial charge in [0, 0.05) is 16.7 Å². The molecule has 2 nitrogen and oxygen atoms in total. The van der Waals surface area contributed by atoms with Crippen molar-refractivity contribution in [1.82, 2.24) is 9.97 Å². The predicted octanol–water partition coefficient (Wildman–Crippen LogP) is 12.1. The maximum absolute atomic E-state index is 5.29. The van der Waals surface area contributed by atoms with Gasteiger partial charge in [0.2, 0.25) is 0 Å². The van der Waals surface area contributed by atoms with Crippen LogP contribution in [0, 0.1) is 0 Å². The molecule has 8 rings (SSSR count). The Morgan fingerprint density at radius 1 is 0.229 bits per heavy atom. The maximum Gasteiger partial charge on any atom is 0.161 e. The molecule has 0 saturated heterocycles. The Labute approximate surface area is 281 Å². The Morgan fingerprint density at radius 3 is 1.06 bits per heavy atom. The zero-order valence-corrected chi connectivity index (χ0v) is 26.4. The normalized spacial score (nSPS) is 10.9. The van der Waals surface area contributed by atoms with E-state index < -0.39 is 0 Å². The number of hydrogen-bond donors (Lipinski definition) is 0. The van der Waals surface area contributed by atoms with Crippen LogP contribution in [0.1, 0.15) is 0 Å². The second-order valence-corrected chi connectivity index (χ2v) is 11.8. The van der Waals surface area contributed by atoms with Gasteiger partial charge in [-0.15, -0.1) is 0 Å². The van der Waals surface area contributed by atoms with Crippen LogP contribution < -0.4 is 0 Å². The molecular weight excluding hydrogens is 581 g/mol. The van der Waals surface area contributed by atoms with Crippen LogP contribution in [0.2, 0.25) is 0 Å². The average Bonchev–Trinajstić information content (AvgIpc) is 3.19. The lowest BCUT2D eigenvalue weighted by Gasteiger charge is -2.15. The van der Waals surface area contributed by atoms with E-state index in [4.69, 9.17) is 9.97 Å². The van der Waals surface area contributed by atoms with Crippen LogP contribution in [0.3, 0.4) is 0 Å². The van der Waals surface area contributed by atoms with Crippen molar-refractivity contribution in [3.8, 4) is 78.4 Å².